The van der Waals surface area contributed by atoms with Gasteiger partial charge in [0.15, 0.2) is 17.5 Å². The molecular formula is C8H3F5O2. The second-order valence-electron chi connectivity index (χ2n) is 2.56. The number of hydrogen-bond acceptors (Lipinski definition) is 2. The normalized spacial score (nSPS) is 12.3. The molecule has 0 fully saturated rings. The van der Waals surface area contributed by atoms with E-state index in [1.54, 1.807) is 0 Å². The van der Waals surface area contributed by atoms with E-state index < -0.39 is 35.2 Å². The molecule has 0 saturated carbocycles. The fraction of sp³-hybridized carbons (Fsp3) is 0.125. The van der Waals surface area contributed by atoms with E-state index in [0.717, 1.165) is 0 Å². The minimum Gasteiger partial charge on any atom is -0.251 e. The molecular weight excluding hydrogens is 223 g/mol. The van der Waals surface area contributed by atoms with E-state index >= 15 is 0 Å². The third-order valence-corrected chi connectivity index (χ3v) is 1.58. The Balaban J connectivity index is 3.11. The summed E-state index contributed by atoms with van der Waals surface area (Å²) in [6.07, 6.45) is -2.71. The van der Waals surface area contributed by atoms with E-state index in [1.165, 1.54) is 0 Å². The molecule has 1 aromatic carbocycles. The highest BCUT2D eigenvalue weighted by molar-refractivity contribution is 5.75. The zero-order valence-electron chi connectivity index (χ0n) is 6.94. The van der Waals surface area contributed by atoms with Gasteiger partial charge in [-0.15, -0.1) is 0 Å². The van der Waals surface area contributed by atoms with Crippen LogP contribution in [0.1, 0.15) is 11.7 Å². The molecule has 0 bridgehead atoms. The zero-order valence-corrected chi connectivity index (χ0v) is 6.94. The van der Waals surface area contributed by atoms with Gasteiger partial charge >= 0.3 is 5.97 Å². The number of benzene rings is 1. The largest absolute Gasteiger partial charge is 0.387 e. The predicted molar refractivity (Wildman–Crippen MR) is 37.4 cm³/mol. The van der Waals surface area contributed by atoms with Crippen LogP contribution in [0.4, 0.5) is 22.1 Å². The number of carbonyl (C=O) groups excluding carboxylic acids is 1. The zero-order chi connectivity index (χ0) is 11.6. The summed E-state index contributed by atoms with van der Waals surface area (Å²) in [4.78, 5) is 12.8. The molecule has 0 aliphatic heterocycles. The molecule has 7 heteroatoms. The highest BCUT2D eigenvalue weighted by atomic mass is 19.3. The quantitative estimate of drug-likeness (QED) is 0.572. The molecule has 82 valence electrons. The molecule has 0 saturated heterocycles. The molecule has 2 nitrogen and oxygen atoms in total. The van der Waals surface area contributed by atoms with Gasteiger partial charge < -0.3 is 0 Å². The van der Waals surface area contributed by atoms with Crippen LogP contribution in [0, 0.1) is 17.5 Å². The van der Waals surface area contributed by atoms with E-state index in [4.69, 9.17) is 0 Å². The number of halogens is 5. The van der Waals surface area contributed by atoms with Gasteiger partial charge in [-0.3, -0.25) is 4.94 Å². The smallest absolute Gasteiger partial charge is 0.251 e. The van der Waals surface area contributed by atoms with Gasteiger partial charge in [0.25, 0.3) is 0 Å². The molecule has 1 unspecified atom stereocenters. The SMILES string of the molecule is O=C(OF)C(F)c1cc(F)c(F)c(F)c1. The van der Waals surface area contributed by atoms with Gasteiger partial charge in [-0.05, 0) is 12.1 Å². The van der Waals surface area contributed by atoms with Gasteiger partial charge in [0.2, 0.25) is 6.17 Å². The topological polar surface area (TPSA) is 26.3 Å². The summed E-state index contributed by atoms with van der Waals surface area (Å²) in [6.45, 7) is 0. The lowest BCUT2D eigenvalue weighted by Crippen LogP contribution is -2.09. The number of carbonyl (C=O) groups is 1. The fourth-order valence-corrected chi connectivity index (χ4v) is 0.897. The Hall–Kier alpha value is -1.66. The van der Waals surface area contributed by atoms with E-state index in [2.05, 4.69) is 4.94 Å². The molecule has 1 aromatic rings. The summed E-state index contributed by atoms with van der Waals surface area (Å²) in [5, 5.41) is 0. The Bertz CT molecular complexity index is 370. The average molecular weight is 226 g/mol. The first-order valence-electron chi connectivity index (χ1n) is 3.58. The van der Waals surface area contributed by atoms with Crippen LogP contribution in [0.2, 0.25) is 0 Å². The van der Waals surface area contributed by atoms with Crippen molar-refractivity contribution >= 4 is 5.97 Å². The number of hydrogen-bond donors (Lipinski definition) is 0. The van der Waals surface area contributed by atoms with Crippen LogP contribution in [0.15, 0.2) is 12.1 Å². The fourth-order valence-electron chi connectivity index (χ4n) is 0.897. The van der Waals surface area contributed by atoms with E-state index in [9.17, 15) is 26.9 Å². The lowest BCUT2D eigenvalue weighted by molar-refractivity contribution is -0.190. The van der Waals surface area contributed by atoms with Crippen LogP contribution in [-0.4, -0.2) is 5.97 Å². The van der Waals surface area contributed by atoms with Crippen molar-refractivity contribution in [3.63, 3.8) is 0 Å². The standard InChI is InChI=1S/C8H3F5O2/c9-4-1-3(2-5(10)7(4)12)6(11)8(14)15-13/h1-2,6H. The Morgan fingerprint density at radius 1 is 1.20 bits per heavy atom. The Kier molecular flexibility index (Phi) is 3.23. The van der Waals surface area contributed by atoms with E-state index in [-0.39, 0.29) is 12.1 Å². The third-order valence-electron chi connectivity index (χ3n) is 1.58. The summed E-state index contributed by atoms with van der Waals surface area (Å²) in [5.41, 5.74) is -0.867. The van der Waals surface area contributed by atoms with Crippen molar-refractivity contribution in [1.29, 1.82) is 0 Å². The molecule has 1 rings (SSSR count). The molecule has 0 N–H and O–H groups in total. The minimum atomic E-state index is -2.71. The van der Waals surface area contributed by atoms with Crippen LogP contribution in [0.3, 0.4) is 0 Å². The lowest BCUT2D eigenvalue weighted by Gasteiger charge is -2.04. The van der Waals surface area contributed by atoms with Crippen LogP contribution >= 0.6 is 0 Å². The second-order valence-corrected chi connectivity index (χ2v) is 2.56. The first kappa shape index (κ1) is 11.4. The molecule has 0 spiro atoms. The highest BCUT2D eigenvalue weighted by Crippen LogP contribution is 2.23. The molecule has 0 aromatic heterocycles. The Morgan fingerprint density at radius 2 is 1.67 bits per heavy atom. The van der Waals surface area contributed by atoms with Gasteiger partial charge in [0, 0.05) is 10.1 Å². The van der Waals surface area contributed by atoms with Gasteiger partial charge in [0.1, 0.15) is 0 Å². The summed E-state index contributed by atoms with van der Waals surface area (Å²) >= 11 is 0. The van der Waals surface area contributed by atoms with Crippen molar-refractivity contribution in [2.75, 3.05) is 0 Å². The molecule has 0 aliphatic carbocycles. The lowest BCUT2D eigenvalue weighted by atomic mass is 10.1. The van der Waals surface area contributed by atoms with Gasteiger partial charge in [-0.2, -0.15) is 0 Å². The predicted octanol–water partition coefficient (Wildman–Crippen LogP) is 2.54. The average Bonchev–Trinajstić information content (AvgIpc) is 2.23. The van der Waals surface area contributed by atoms with Crippen LogP contribution in [0.5, 0.6) is 0 Å². The Morgan fingerprint density at radius 3 is 2.07 bits per heavy atom. The summed E-state index contributed by atoms with van der Waals surface area (Å²) in [6, 6.07) is 0.472. The van der Waals surface area contributed by atoms with Crippen LogP contribution in [0.25, 0.3) is 0 Å². The minimum absolute atomic E-state index is 0.236. The monoisotopic (exact) mass is 226 g/mol. The third kappa shape index (κ3) is 2.23. The highest BCUT2D eigenvalue weighted by Gasteiger charge is 2.25. The van der Waals surface area contributed by atoms with Gasteiger partial charge in [0.05, 0.1) is 0 Å². The maximum Gasteiger partial charge on any atom is 0.387 e. The first-order chi connectivity index (χ1) is 6.97. The molecule has 1 atom stereocenters. The van der Waals surface area contributed by atoms with E-state index in [1.807, 2.05) is 0 Å². The molecule has 0 amide bonds. The second kappa shape index (κ2) is 4.24. The van der Waals surface area contributed by atoms with Crippen molar-refractivity contribution < 1.29 is 31.8 Å². The van der Waals surface area contributed by atoms with Crippen molar-refractivity contribution in [3.8, 4) is 0 Å². The number of alkyl halides is 1. The van der Waals surface area contributed by atoms with E-state index in [0.29, 0.717) is 0 Å². The van der Waals surface area contributed by atoms with Crippen LogP contribution in [-0.2, 0) is 9.74 Å². The molecule has 0 radical (unpaired) electrons. The maximum absolute atomic E-state index is 12.9. The van der Waals surface area contributed by atoms with Crippen LogP contribution < -0.4 is 0 Å². The van der Waals surface area contributed by atoms with Crippen molar-refractivity contribution in [3.05, 3.63) is 35.1 Å². The molecule has 0 aliphatic rings. The van der Waals surface area contributed by atoms with Gasteiger partial charge in [-0.1, -0.05) is 0 Å². The Labute approximate surface area is 80.2 Å². The maximum atomic E-state index is 12.9. The van der Waals surface area contributed by atoms with Crippen molar-refractivity contribution in [1.82, 2.24) is 0 Å². The van der Waals surface area contributed by atoms with Crippen molar-refractivity contribution in [2.45, 2.75) is 6.17 Å². The molecule has 0 heterocycles. The summed E-state index contributed by atoms with van der Waals surface area (Å²) in [7, 11) is 0. The summed E-state index contributed by atoms with van der Waals surface area (Å²) < 4.78 is 61.6. The summed E-state index contributed by atoms with van der Waals surface area (Å²) in [5.74, 6) is -7.14. The number of rotatable bonds is 2. The molecule has 15 heavy (non-hydrogen) atoms. The first-order valence-corrected chi connectivity index (χ1v) is 3.58. The van der Waals surface area contributed by atoms with Crippen molar-refractivity contribution in [2.24, 2.45) is 0 Å². The van der Waals surface area contributed by atoms with Gasteiger partial charge in [-0.25, -0.2) is 22.4 Å².